The lowest BCUT2D eigenvalue weighted by atomic mass is 10.1. The highest BCUT2D eigenvalue weighted by Gasteiger charge is 2.13. The normalized spacial score (nSPS) is 10.5. The Morgan fingerprint density at radius 2 is 1.91 bits per heavy atom. The van der Waals surface area contributed by atoms with Crippen LogP contribution in [0.15, 0.2) is 48.8 Å². The van der Waals surface area contributed by atoms with Crippen LogP contribution in [0.1, 0.15) is 10.4 Å². The second-order valence-electron chi connectivity index (χ2n) is 4.35. The molecule has 0 aliphatic heterocycles. The van der Waals surface area contributed by atoms with Crippen molar-refractivity contribution in [1.29, 1.82) is 0 Å². The molecular weight excluding hydrogens is 325 g/mol. The summed E-state index contributed by atoms with van der Waals surface area (Å²) in [5.41, 5.74) is 1.55. The Morgan fingerprint density at radius 3 is 2.64 bits per heavy atom. The first-order valence-corrected chi connectivity index (χ1v) is 6.99. The van der Waals surface area contributed by atoms with Crippen LogP contribution >= 0.6 is 23.2 Å². The van der Waals surface area contributed by atoms with Gasteiger partial charge < -0.3 is 5.32 Å². The predicted octanol–water partition coefficient (Wildman–Crippen LogP) is 3.22. The molecule has 1 N–H and O–H groups in total. The third-order valence-corrected chi connectivity index (χ3v) is 3.66. The van der Waals surface area contributed by atoms with Crippen molar-refractivity contribution in [2.75, 3.05) is 5.32 Å². The molecule has 8 heteroatoms. The van der Waals surface area contributed by atoms with Crippen LogP contribution in [-0.2, 0) is 0 Å². The van der Waals surface area contributed by atoms with Crippen molar-refractivity contribution in [3.05, 3.63) is 64.4 Å². The largest absolute Gasteiger partial charge is 0.322 e. The molecule has 0 aliphatic rings. The van der Waals surface area contributed by atoms with Crippen LogP contribution in [0.4, 0.5) is 5.69 Å². The van der Waals surface area contributed by atoms with Crippen molar-refractivity contribution < 1.29 is 4.79 Å². The maximum atomic E-state index is 12.5. The number of carbonyl (C=O) groups is 1. The number of hydrogen-bond acceptors (Lipinski definition) is 4. The first-order chi connectivity index (χ1) is 10.6. The molecule has 0 fully saturated rings. The van der Waals surface area contributed by atoms with Crippen LogP contribution in [0.25, 0.3) is 5.69 Å². The highest BCUT2D eigenvalue weighted by atomic mass is 35.5. The summed E-state index contributed by atoms with van der Waals surface area (Å²) in [4.78, 5) is 12.5. The van der Waals surface area contributed by atoms with Crippen molar-refractivity contribution >= 4 is 34.8 Å². The van der Waals surface area contributed by atoms with Gasteiger partial charge in [0, 0.05) is 5.69 Å². The van der Waals surface area contributed by atoms with Crippen molar-refractivity contribution in [2.45, 2.75) is 0 Å². The average Bonchev–Trinajstić information content (AvgIpc) is 3.05. The number of aromatic nitrogens is 4. The van der Waals surface area contributed by atoms with Crippen LogP contribution in [-0.4, -0.2) is 26.1 Å². The van der Waals surface area contributed by atoms with Crippen molar-refractivity contribution in [3.63, 3.8) is 0 Å². The smallest absolute Gasteiger partial charge is 0.257 e. The van der Waals surface area contributed by atoms with E-state index in [-0.39, 0.29) is 5.91 Å². The summed E-state index contributed by atoms with van der Waals surface area (Å²) in [5.74, 6) is -0.301. The zero-order valence-corrected chi connectivity index (χ0v) is 12.6. The second kappa shape index (κ2) is 6.13. The number of amides is 1. The first-order valence-electron chi connectivity index (χ1n) is 6.24. The fourth-order valence-electron chi connectivity index (χ4n) is 1.91. The third-order valence-electron chi connectivity index (χ3n) is 2.92. The van der Waals surface area contributed by atoms with Crippen LogP contribution in [0, 0.1) is 0 Å². The molecule has 0 saturated heterocycles. The monoisotopic (exact) mass is 333 g/mol. The SMILES string of the molecule is O=C(Nc1ccc(Cl)c(Cl)c1)c1ccccc1-n1cnnn1. The van der Waals surface area contributed by atoms with E-state index in [1.807, 2.05) is 0 Å². The molecule has 1 amide bonds. The quantitative estimate of drug-likeness (QED) is 0.798. The molecule has 2 aromatic carbocycles. The molecule has 3 rings (SSSR count). The minimum atomic E-state index is -0.301. The number of benzene rings is 2. The lowest BCUT2D eigenvalue weighted by molar-refractivity contribution is 0.102. The zero-order valence-electron chi connectivity index (χ0n) is 11.1. The van der Waals surface area contributed by atoms with Crippen LogP contribution in [0.3, 0.4) is 0 Å². The minimum absolute atomic E-state index is 0.301. The Kier molecular flexibility index (Phi) is 4.04. The fraction of sp³-hybridized carbons (Fsp3) is 0. The average molecular weight is 334 g/mol. The Labute approximate surface area is 135 Å². The topological polar surface area (TPSA) is 72.7 Å². The number of para-hydroxylation sites is 1. The van der Waals surface area contributed by atoms with Gasteiger partial charge in [-0.15, -0.1) is 5.10 Å². The van der Waals surface area contributed by atoms with Crippen LogP contribution < -0.4 is 5.32 Å². The van der Waals surface area contributed by atoms with E-state index < -0.39 is 0 Å². The highest BCUT2D eigenvalue weighted by molar-refractivity contribution is 6.42. The second-order valence-corrected chi connectivity index (χ2v) is 5.17. The number of halogens is 2. The van der Waals surface area contributed by atoms with Gasteiger partial charge in [0.05, 0.1) is 21.3 Å². The molecule has 110 valence electrons. The van der Waals surface area contributed by atoms with Crippen molar-refractivity contribution in [1.82, 2.24) is 20.2 Å². The van der Waals surface area contributed by atoms with E-state index in [1.54, 1.807) is 42.5 Å². The zero-order chi connectivity index (χ0) is 15.5. The summed E-state index contributed by atoms with van der Waals surface area (Å²) in [6.45, 7) is 0. The van der Waals surface area contributed by atoms with Gasteiger partial charge in [-0.1, -0.05) is 35.3 Å². The Balaban J connectivity index is 1.91. The standard InChI is InChI=1S/C14H9Cl2N5O/c15-11-6-5-9(7-12(11)16)18-14(22)10-3-1-2-4-13(10)21-8-17-19-20-21/h1-8H,(H,18,22). The van der Waals surface area contributed by atoms with Gasteiger partial charge in [-0.25, -0.2) is 0 Å². The summed E-state index contributed by atoms with van der Waals surface area (Å²) in [5, 5.41) is 14.5. The molecular formula is C14H9Cl2N5O. The number of nitrogens with one attached hydrogen (secondary N) is 1. The summed E-state index contributed by atoms with van der Waals surface area (Å²) >= 11 is 11.8. The Hall–Kier alpha value is -2.44. The maximum absolute atomic E-state index is 12.5. The van der Waals surface area contributed by atoms with Crippen molar-refractivity contribution in [3.8, 4) is 5.69 Å². The van der Waals surface area contributed by atoms with Gasteiger partial charge in [-0.3, -0.25) is 4.79 Å². The molecule has 0 atom stereocenters. The number of tetrazole rings is 1. The minimum Gasteiger partial charge on any atom is -0.322 e. The predicted molar refractivity (Wildman–Crippen MR) is 83.6 cm³/mol. The summed E-state index contributed by atoms with van der Waals surface area (Å²) in [7, 11) is 0. The number of nitrogens with zero attached hydrogens (tertiary/aromatic N) is 4. The summed E-state index contributed by atoms with van der Waals surface area (Å²) < 4.78 is 1.42. The van der Waals surface area contributed by atoms with Gasteiger partial charge in [-0.2, -0.15) is 4.68 Å². The Morgan fingerprint density at radius 1 is 1.09 bits per heavy atom. The third kappa shape index (κ3) is 2.93. The molecule has 0 bridgehead atoms. The number of rotatable bonds is 3. The molecule has 1 heterocycles. The summed E-state index contributed by atoms with van der Waals surface area (Å²) in [6.07, 6.45) is 1.42. The van der Waals surface area contributed by atoms with E-state index >= 15 is 0 Å². The maximum Gasteiger partial charge on any atom is 0.257 e. The van der Waals surface area contributed by atoms with E-state index in [0.717, 1.165) is 0 Å². The number of anilines is 1. The molecule has 0 aliphatic carbocycles. The van der Waals surface area contributed by atoms with E-state index in [4.69, 9.17) is 23.2 Å². The van der Waals surface area contributed by atoms with E-state index in [2.05, 4.69) is 20.8 Å². The lowest BCUT2D eigenvalue weighted by Gasteiger charge is -2.10. The summed E-state index contributed by atoms with van der Waals surface area (Å²) in [6, 6.07) is 11.9. The number of carbonyl (C=O) groups excluding carboxylic acids is 1. The van der Waals surface area contributed by atoms with Gasteiger partial charge in [0.2, 0.25) is 0 Å². The van der Waals surface area contributed by atoms with Gasteiger partial charge >= 0.3 is 0 Å². The highest BCUT2D eigenvalue weighted by Crippen LogP contribution is 2.25. The molecule has 0 spiro atoms. The first kappa shape index (κ1) is 14.5. The molecule has 0 unspecified atom stereocenters. The van der Waals surface area contributed by atoms with E-state index in [0.29, 0.717) is 27.0 Å². The fourth-order valence-corrected chi connectivity index (χ4v) is 2.21. The molecule has 1 aromatic heterocycles. The lowest BCUT2D eigenvalue weighted by Crippen LogP contribution is -2.15. The van der Waals surface area contributed by atoms with Gasteiger partial charge in [0.15, 0.2) is 0 Å². The molecule has 3 aromatic rings. The molecule has 0 saturated carbocycles. The van der Waals surface area contributed by atoms with Gasteiger partial charge in [0.1, 0.15) is 6.33 Å². The Bertz CT molecular complexity index is 820. The molecule has 6 nitrogen and oxygen atoms in total. The van der Waals surface area contributed by atoms with Gasteiger partial charge in [0.25, 0.3) is 5.91 Å². The molecule has 22 heavy (non-hydrogen) atoms. The van der Waals surface area contributed by atoms with Crippen molar-refractivity contribution in [2.24, 2.45) is 0 Å². The van der Waals surface area contributed by atoms with Gasteiger partial charge in [-0.05, 0) is 40.8 Å². The van der Waals surface area contributed by atoms with E-state index in [9.17, 15) is 4.79 Å². The van der Waals surface area contributed by atoms with Crippen LogP contribution in [0.5, 0.6) is 0 Å². The molecule has 0 radical (unpaired) electrons. The van der Waals surface area contributed by atoms with E-state index in [1.165, 1.54) is 11.0 Å². The van der Waals surface area contributed by atoms with Crippen LogP contribution in [0.2, 0.25) is 10.0 Å². The number of hydrogen-bond donors (Lipinski definition) is 1.